The van der Waals surface area contributed by atoms with Crippen LogP contribution in [0, 0.1) is 5.92 Å². The first kappa shape index (κ1) is 14.4. The summed E-state index contributed by atoms with van der Waals surface area (Å²) in [7, 11) is 0. The minimum atomic E-state index is -0.522. The Morgan fingerprint density at radius 1 is 1.38 bits per heavy atom. The van der Waals surface area contributed by atoms with Gasteiger partial charge in [0.2, 0.25) is 5.91 Å². The van der Waals surface area contributed by atoms with E-state index in [0.29, 0.717) is 25.2 Å². The summed E-state index contributed by atoms with van der Waals surface area (Å²) in [5, 5.41) is 10.7. The number of amides is 1. The van der Waals surface area contributed by atoms with E-state index in [4.69, 9.17) is 5.73 Å². The number of likely N-dealkylation sites (tertiary alicyclic amines) is 1. The summed E-state index contributed by atoms with van der Waals surface area (Å²) in [5.74, 6) is 0.401. The molecule has 1 aliphatic heterocycles. The smallest absolute Gasteiger partial charge is 0.227 e. The average molecular weight is 288 g/mol. The van der Waals surface area contributed by atoms with Crippen molar-refractivity contribution in [3.8, 4) is 0 Å². The zero-order chi connectivity index (χ0) is 14.9. The number of nitrogens with two attached hydrogens (primary N) is 1. The molecule has 0 aromatic heterocycles. The Bertz CT molecular complexity index is 531. The first-order chi connectivity index (χ1) is 10.1. The third-order valence-electron chi connectivity index (χ3n) is 5.09. The number of hydrogen-bond acceptors (Lipinski definition) is 3. The van der Waals surface area contributed by atoms with Crippen LogP contribution in [0.15, 0.2) is 24.3 Å². The van der Waals surface area contributed by atoms with Crippen LogP contribution in [-0.4, -0.2) is 34.6 Å². The Kier molecular flexibility index (Phi) is 3.89. The Labute approximate surface area is 125 Å². The van der Waals surface area contributed by atoms with Crippen LogP contribution in [0.2, 0.25) is 0 Å². The van der Waals surface area contributed by atoms with Gasteiger partial charge in [0, 0.05) is 24.7 Å². The lowest BCUT2D eigenvalue weighted by Crippen LogP contribution is -2.54. The second kappa shape index (κ2) is 5.68. The molecule has 3 rings (SSSR count). The molecule has 2 aliphatic rings. The fourth-order valence-corrected chi connectivity index (χ4v) is 3.79. The molecule has 1 aliphatic carbocycles. The normalized spacial score (nSPS) is 29.0. The lowest BCUT2D eigenvalue weighted by molar-refractivity contribution is -0.142. The predicted molar refractivity (Wildman–Crippen MR) is 82.7 cm³/mol. The molecule has 21 heavy (non-hydrogen) atoms. The summed E-state index contributed by atoms with van der Waals surface area (Å²) < 4.78 is 0. The van der Waals surface area contributed by atoms with E-state index in [1.807, 2.05) is 29.2 Å². The topological polar surface area (TPSA) is 66.6 Å². The van der Waals surface area contributed by atoms with E-state index >= 15 is 0 Å². The number of piperidine rings is 1. The van der Waals surface area contributed by atoms with Crippen molar-refractivity contribution < 1.29 is 9.90 Å². The summed E-state index contributed by atoms with van der Waals surface area (Å²) in [6.07, 6.45) is 5.35. The van der Waals surface area contributed by atoms with Gasteiger partial charge in [0.25, 0.3) is 0 Å². The Hall–Kier alpha value is -1.55. The highest BCUT2D eigenvalue weighted by Gasteiger charge is 2.43. The first-order valence-electron chi connectivity index (χ1n) is 7.91. The van der Waals surface area contributed by atoms with Crippen molar-refractivity contribution in [2.45, 2.75) is 44.1 Å². The van der Waals surface area contributed by atoms with Gasteiger partial charge in [-0.3, -0.25) is 4.79 Å². The second-order valence-electron chi connectivity index (χ2n) is 6.56. The molecule has 114 valence electrons. The van der Waals surface area contributed by atoms with Crippen molar-refractivity contribution in [3.05, 3.63) is 29.8 Å². The lowest BCUT2D eigenvalue weighted by atomic mass is 9.71. The van der Waals surface area contributed by atoms with Crippen molar-refractivity contribution in [2.75, 3.05) is 18.8 Å². The number of carbonyl (C=O) groups is 1. The number of benzene rings is 1. The number of anilines is 1. The van der Waals surface area contributed by atoms with E-state index in [0.717, 1.165) is 31.2 Å². The van der Waals surface area contributed by atoms with Crippen LogP contribution in [0.4, 0.5) is 5.69 Å². The van der Waals surface area contributed by atoms with E-state index in [9.17, 15) is 9.90 Å². The largest absolute Gasteiger partial charge is 0.399 e. The van der Waals surface area contributed by atoms with Gasteiger partial charge in [-0.25, -0.2) is 0 Å². The average Bonchev–Trinajstić information content (AvgIpc) is 2.46. The Balaban J connectivity index is 1.64. The van der Waals surface area contributed by atoms with E-state index in [1.165, 1.54) is 6.42 Å². The summed E-state index contributed by atoms with van der Waals surface area (Å²) in [6, 6.07) is 7.51. The van der Waals surface area contributed by atoms with Gasteiger partial charge in [0.15, 0.2) is 0 Å². The molecular formula is C17H24N2O2. The summed E-state index contributed by atoms with van der Waals surface area (Å²) in [4.78, 5) is 14.4. The summed E-state index contributed by atoms with van der Waals surface area (Å²) in [5.41, 5.74) is 6.90. The van der Waals surface area contributed by atoms with E-state index in [1.54, 1.807) is 0 Å². The minimum absolute atomic E-state index is 0.147. The standard InChI is InChI=1S/C17H24N2O2/c18-15-6-3-4-13(10-15)11-16(20)19-9-8-17(21)7-2-1-5-14(17)12-19/h3-4,6,10,14,21H,1-2,5,7-9,11-12,18H2. The number of carbonyl (C=O) groups excluding carboxylic acids is 1. The summed E-state index contributed by atoms with van der Waals surface area (Å²) >= 11 is 0. The molecular weight excluding hydrogens is 264 g/mol. The molecule has 2 unspecified atom stereocenters. The van der Waals surface area contributed by atoms with Crippen molar-refractivity contribution >= 4 is 11.6 Å². The van der Waals surface area contributed by atoms with Crippen LogP contribution in [-0.2, 0) is 11.2 Å². The maximum Gasteiger partial charge on any atom is 0.227 e. The van der Waals surface area contributed by atoms with Gasteiger partial charge in [-0.15, -0.1) is 0 Å². The number of nitrogens with zero attached hydrogens (tertiary/aromatic N) is 1. The Morgan fingerprint density at radius 2 is 2.24 bits per heavy atom. The van der Waals surface area contributed by atoms with Gasteiger partial charge in [-0.1, -0.05) is 25.0 Å². The number of fused-ring (bicyclic) bond motifs is 1. The van der Waals surface area contributed by atoms with Crippen LogP contribution in [0.5, 0.6) is 0 Å². The van der Waals surface area contributed by atoms with Gasteiger partial charge in [-0.05, 0) is 37.0 Å². The van der Waals surface area contributed by atoms with Crippen LogP contribution in [0.1, 0.15) is 37.7 Å². The Morgan fingerprint density at radius 3 is 3.05 bits per heavy atom. The molecule has 4 heteroatoms. The number of rotatable bonds is 2. The zero-order valence-corrected chi connectivity index (χ0v) is 12.4. The summed E-state index contributed by atoms with van der Waals surface area (Å²) in [6.45, 7) is 1.38. The second-order valence-corrected chi connectivity index (χ2v) is 6.56. The van der Waals surface area contributed by atoms with Gasteiger partial charge in [-0.2, -0.15) is 0 Å². The molecule has 4 nitrogen and oxygen atoms in total. The quantitative estimate of drug-likeness (QED) is 0.818. The molecule has 0 bridgehead atoms. The molecule has 1 aromatic carbocycles. The van der Waals surface area contributed by atoms with Crippen LogP contribution in [0.3, 0.4) is 0 Å². The molecule has 1 amide bonds. The highest BCUT2D eigenvalue weighted by Crippen LogP contribution is 2.39. The molecule has 1 aromatic rings. The first-order valence-corrected chi connectivity index (χ1v) is 7.91. The SMILES string of the molecule is Nc1cccc(CC(=O)N2CCC3(O)CCCCC3C2)c1. The minimum Gasteiger partial charge on any atom is -0.399 e. The number of nitrogen functional groups attached to an aromatic ring is 1. The molecule has 2 atom stereocenters. The van der Waals surface area contributed by atoms with Crippen LogP contribution < -0.4 is 5.73 Å². The molecule has 0 spiro atoms. The molecule has 3 N–H and O–H groups in total. The van der Waals surface area contributed by atoms with Crippen LogP contribution >= 0.6 is 0 Å². The van der Waals surface area contributed by atoms with Gasteiger partial charge in [0.05, 0.1) is 12.0 Å². The molecule has 2 fully saturated rings. The molecule has 0 radical (unpaired) electrons. The zero-order valence-electron chi connectivity index (χ0n) is 12.4. The van der Waals surface area contributed by atoms with Crippen LogP contribution in [0.25, 0.3) is 0 Å². The van der Waals surface area contributed by atoms with Crippen molar-refractivity contribution in [1.29, 1.82) is 0 Å². The number of aliphatic hydroxyl groups is 1. The third-order valence-corrected chi connectivity index (χ3v) is 5.09. The molecule has 1 saturated heterocycles. The van der Waals surface area contributed by atoms with Crippen molar-refractivity contribution in [2.24, 2.45) is 5.92 Å². The van der Waals surface area contributed by atoms with Crippen molar-refractivity contribution in [3.63, 3.8) is 0 Å². The maximum absolute atomic E-state index is 12.5. The van der Waals surface area contributed by atoms with Gasteiger partial charge < -0.3 is 15.7 Å². The highest BCUT2D eigenvalue weighted by molar-refractivity contribution is 5.79. The number of hydrogen-bond donors (Lipinski definition) is 2. The van der Waals surface area contributed by atoms with Crippen molar-refractivity contribution in [1.82, 2.24) is 4.90 Å². The fraction of sp³-hybridized carbons (Fsp3) is 0.588. The third kappa shape index (κ3) is 3.05. The lowest BCUT2D eigenvalue weighted by Gasteiger charge is -2.47. The molecule has 1 saturated carbocycles. The maximum atomic E-state index is 12.5. The van der Waals surface area contributed by atoms with E-state index in [-0.39, 0.29) is 11.8 Å². The highest BCUT2D eigenvalue weighted by atomic mass is 16.3. The molecule has 1 heterocycles. The predicted octanol–water partition coefficient (Wildman–Crippen LogP) is 1.96. The van der Waals surface area contributed by atoms with E-state index in [2.05, 4.69) is 0 Å². The van der Waals surface area contributed by atoms with E-state index < -0.39 is 5.60 Å². The van der Waals surface area contributed by atoms with Gasteiger partial charge in [0.1, 0.15) is 0 Å². The fourth-order valence-electron chi connectivity index (χ4n) is 3.79. The monoisotopic (exact) mass is 288 g/mol. The van der Waals surface area contributed by atoms with Gasteiger partial charge >= 0.3 is 0 Å².